The van der Waals surface area contributed by atoms with Crippen LogP contribution in [-0.4, -0.2) is 14.7 Å². The molecule has 2 aromatic carbocycles. The van der Waals surface area contributed by atoms with Crippen LogP contribution >= 0.6 is 0 Å². The van der Waals surface area contributed by atoms with Crippen LogP contribution in [0.2, 0.25) is 0 Å². The van der Waals surface area contributed by atoms with Gasteiger partial charge in [0.1, 0.15) is 0 Å². The molecule has 3 nitrogen and oxygen atoms in total. The minimum absolute atomic E-state index is 0.100. The monoisotopic (exact) mass is 317 g/mol. The van der Waals surface area contributed by atoms with Gasteiger partial charge in [0.05, 0.1) is 5.75 Å². The molecule has 0 radical (unpaired) electrons. The van der Waals surface area contributed by atoms with Crippen molar-refractivity contribution in [3.8, 4) is 0 Å². The topological polar surface area (TPSA) is 46.2 Å². The molecular formula is C18H23NO2S. The lowest BCUT2D eigenvalue weighted by Crippen LogP contribution is -2.13. The van der Waals surface area contributed by atoms with Crippen LogP contribution in [0.5, 0.6) is 0 Å². The molecule has 0 bridgehead atoms. The van der Waals surface area contributed by atoms with Gasteiger partial charge in [0.15, 0.2) is 9.84 Å². The predicted octanol–water partition coefficient (Wildman–Crippen LogP) is 3.14. The van der Waals surface area contributed by atoms with Gasteiger partial charge < -0.3 is 5.32 Å². The summed E-state index contributed by atoms with van der Waals surface area (Å²) < 4.78 is 22.5. The van der Waals surface area contributed by atoms with Gasteiger partial charge >= 0.3 is 0 Å². The summed E-state index contributed by atoms with van der Waals surface area (Å²) in [6.45, 7) is 5.83. The summed E-state index contributed by atoms with van der Waals surface area (Å²) in [5.74, 6) is 0.100. The van der Waals surface area contributed by atoms with Crippen LogP contribution in [0.15, 0.2) is 42.5 Å². The fourth-order valence-corrected chi connectivity index (χ4v) is 3.24. The second-order valence-corrected chi connectivity index (χ2v) is 8.06. The number of sulfone groups is 1. The highest BCUT2D eigenvalue weighted by atomic mass is 32.2. The molecule has 22 heavy (non-hydrogen) atoms. The SMILES string of the molecule is Cc1ccc(CNCc2ccc(CS(C)(=O)=O)cc2)c(C)c1. The van der Waals surface area contributed by atoms with E-state index in [2.05, 4.69) is 37.4 Å². The van der Waals surface area contributed by atoms with Crippen LogP contribution in [0.1, 0.15) is 27.8 Å². The molecule has 4 heteroatoms. The maximum Gasteiger partial charge on any atom is 0.151 e. The molecule has 0 saturated carbocycles. The van der Waals surface area contributed by atoms with E-state index in [1.165, 1.54) is 22.9 Å². The van der Waals surface area contributed by atoms with E-state index >= 15 is 0 Å². The second-order valence-electron chi connectivity index (χ2n) is 5.92. The van der Waals surface area contributed by atoms with Crippen LogP contribution in [0.4, 0.5) is 0 Å². The van der Waals surface area contributed by atoms with Crippen molar-refractivity contribution >= 4 is 9.84 Å². The molecule has 0 atom stereocenters. The average molecular weight is 317 g/mol. The summed E-state index contributed by atoms with van der Waals surface area (Å²) in [6.07, 6.45) is 1.26. The molecular weight excluding hydrogens is 294 g/mol. The molecule has 0 heterocycles. The highest BCUT2D eigenvalue weighted by Crippen LogP contribution is 2.11. The average Bonchev–Trinajstić information content (AvgIpc) is 2.41. The summed E-state index contributed by atoms with van der Waals surface area (Å²) in [5.41, 5.74) is 5.88. The standard InChI is InChI=1S/C18H23NO2S/c1-14-4-9-18(15(2)10-14)12-19-11-16-5-7-17(8-6-16)13-22(3,20)21/h4-10,19H,11-13H2,1-3H3. The third-order valence-electron chi connectivity index (χ3n) is 3.59. The molecule has 0 fully saturated rings. The van der Waals surface area contributed by atoms with Crippen molar-refractivity contribution in [2.75, 3.05) is 6.26 Å². The summed E-state index contributed by atoms with van der Waals surface area (Å²) >= 11 is 0. The minimum Gasteiger partial charge on any atom is -0.309 e. The van der Waals surface area contributed by atoms with E-state index in [-0.39, 0.29) is 5.75 Å². The van der Waals surface area contributed by atoms with Crippen LogP contribution < -0.4 is 5.32 Å². The first-order valence-electron chi connectivity index (χ1n) is 7.36. The van der Waals surface area contributed by atoms with Gasteiger partial charge in [-0.15, -0.1) is 0 Å². The zero-order valence-electron chi connectivity index (χ0n) is 13.4. The summed E-state index contributed by atoms with van der Waals surface area (Å²) in [5, 5.41) is 3.43. The fraction of sp³-hybridized carbons (Fsp3) is 0.333. The molecule has 1 N–H and O–H groups in total. The van der Waals surface area contributed by atoms with Gasteiger partial charge in [-0.25, -0.2) is 8.42 Å². The van der Waals surface area contributed by atoms with E-state index in [1.807, 2.05) is 24.3 Å². The Kier molecular flexibility index (Phi) is 5.37. The first-order valence-corrected chi connectivity index (χ1v) is 9.42. The Labute approximate surface area is 133 Å². The number of benzene rings is 2. The Balaban J connectivity index is 1.89. The van der Waals surface area contributed by atoms with Gasteiger partial charge in [0, 0.05) is 19.3 Å². The van der Waals surface area contributed by atoms with E-state index in [1.54, 1.807) is 0 Å². The molecule has 0 saturated heterocycles. The zero-order chi connectivity index (χ0) is 16.2. The Morgan fingerprint density at radius 1 is 0.909 bits per heavy atom. The van der Waals surface area contributed by atoms with Gasteiger partial charge in [0.2, 0.25) is 0 Å². The van der Waals surface area contributed by atoms with Gasteiger partial charge in [-0.1, -0.05) is 48.0 Å². The van der Waals surface area contributed by atoms with Crippen LogP contribution in [0.3, 0.4) is 0 Å². The van der Waals surface area contributed by atoms with Crippen LogP contribution in [0.25, 0.3) is 0 Å². The zero-order valence-corrected chi connectivity index (χ0v) is 14.2. The van der Waals surface area contributed by atoms with Gasteiger partial charge in [0.25, 0.3) is 0 Å². The smallest absolute Gasteiger partial charge is 0.151 e. The normalized spacial score (nSPS) is 11.6. The maximum absolute atomic E-state index is 11.3. The first-order chi connectivity index (χ1) is 10.3. The molecule has 2 rings (SSSR count). The molecule has 118 valence electrons. The van der Waals surface area contributed by atoms with Crippen molar-refractivity contribution in [1.29, 1.82) is 0 Å². The van der Waals surface area contributed by atoms with E-state index < -0.39 is 9.84 Å². The molecule has 0 aromatic heterocycles. The fourth-order valence-electron chi connectivity index (χ4n) is 2.44. The number of nitrogens with one attached hydrogen (secondary N) is 1. The Morgan fingerprint density at radius 3 is 2.14 bits per heavy atom. The summed E-state index contributed by atoms with van der Waals surface area (Å²) in [7, 11) is -2.97. The number of rotatable bonds is 6. The number of hydrogen-bond donors (Lipinski definition) is 1. The highest BCUT2D eigenvalue weighted by molar-refractivity contribution is 7.89. The van der Waals surface area contributed by atoms with E-state index in [4.69, 9.17) is 0 Å². The highest BCUT2D eigenvalue weighted by Gasteiger charge is 2.04. The molecule has 0 amide bonds. The molecule has 2 aromatic rings. The lowest BCUT2D eigenvalue weighted by Gasteiger charge is -2.09. The molecule has 0 spiro atoms. The first kappa shape index (κ1) is 16.7. The van der Waals surface area contributed by atoms with Crippen LogP contribution in [-0.2, 0) is 28.7 Å². The van der Waals surface area contributed by atoms with Gasteiger partial charge in [-0.3, -0.25) is 0 Å². The van der Waals surface area contributed by atoms with Crippen LogP contribution in [0, 0.1) is 13.8 Å². The van der Waals surface area contributed by atoms with Gasteiger partial charge in [-0.05, 0) is 36.1 Å². The summed E-state index contributed by atoms with van der Waals surface area (Å²) in [6, 6.07) is 14.2. The number of aryl methyl sites for hydroxylation is 2. The van der Waals surface area contributed by atoms with E-state index in [9.17, 15) is 8.42 Å². The molecule has 0 aliphatic rings. The van der Waals surface area contributed by atoms with E-state index in [0.29, 0.717) is 0 Å². The van der Waals surface area contributed by atoms with Crippen molar-refractivity contribution in [2.45, 2.75) is 32.7 Å². The number of hydrogen-bond acceptors (Lipinski definition) is 3. The molecule has 0 aliphatic heterocycles. The van der Waals surface area contributed by atoms with Gasteiger partial charge in [-0.2, -0.15) is 0 Å². The summed E-state index contributed by atoms with van der Waals surface area (Å²) in [4.78, 5) is 0. The third-order valence-corrected chi connectivity index (χ3v) is 4.45. The van der Waals surface area contributed by atoms with Crippen molar-refractivity contribution in [1.82, 2.24) is 5.32 Å². The third kappa shape index (κ3) is 5.28. The quantitative estimate of drug-likeness (QED) is 0.890. The van der Waals surface area contributed by atoms with Crippen molar-refractivity contribution in [3.05, 3.63) is 70.3 Å². The Morgan fingerprint density at radius 2 is 1.55 bits per heavy atom. The van der Waals surface area contributed by atoms with Crippen molar-refractivity contribution < 1.29 is 8.42 Å². The Bertz CT molecular complexity index is 734. The Hall–Kier alpha value is -1.65. The molecule has 0 unspecified atom stereocenters. The largest absolute Gasteiger partial charge is 0.309 e. The predicted molar refractivity (Wildman–Crippen MR) is 91.4 cm³/mol. The second kappa shape index (κ2) is 7.07. The lowest BCUT2D eigenvalue weighted by molar-refractivity contribution is 0.601. The van der Waals surface area contributed by atoms with Crippen molar-refractivity contribution in [3.63, 3.8) is 0 Å². The minimum atomic E-state index is -2.97. The maximum atomic E-state index is 11.3. The van der Waals surface area contributed by atoms with E-state index in [0.717, 1.165) is 24.2 Å². The lowest BCUT2D eigenvalue weighted by atomic mass is 10.1. The van der Waals surface area contributed by atoms with Crippen molar-refractivity contribution in [2.24, 2.45) is 0 Å². The molecule has 0 aliphatic carbocycles.